The molecule has 0 radical (unpaired) electrons. The molecule has 0 bridgehead atoms. The van der Waals surface area contributed by atoms with E-state index in [2.05, 4.69) is 10.6 Å². The van der Waals surface area contributed by atoms with E-state index in [0.29, 0.717) is 19.4 Å². The van der Waals surface area contributed by atoms with Crippen LogP contribution in [0.3, 0.4) is 0 Å². The van der Waals surface area contributed by atoms with Crippen LogP contribution in [-0.2, 0) is 4.79 Å². The van der Waals surface area contributed by atoms with Crippen LogP contribution in [0.25, 0.3) is 0 Å². The summed E-state index contributed by atoms with van der Waals surface area (Å²) in [7, 11) is 0. The van der Waals surface area contributed by atoms with E-state index in [1.165, 1.54) is 0 Å². The first-order valence-corrected chi connectivity index (χ1v) is 7.75. The van der Waals surface area contributed by atoms with Gasteiger partial charge in [-0.15, -0.1) is 0 Å². The number of carboxylic acids is 1. The number of carbonyl (C=O) groups is 2. The summed E-state index contributed by atoms with van der Waals surface area (Å²) < 4.78 is -0.0310. The lowest BCUT2D eigenvalue weighted by Crippen LogP contribution is -2.48. The van der Waals surface area contributed by atoms with E-state index in [-0.39, 0.29) is 17.3 Å². The van der Waals surface area contributed by atoms with Gasteiger partial charge in [0.2, 0.25) is 0 Å². The summed E-state index contributed by atoms with van der Waals surface area (Å²) in [4.78, 5) is 23.0. The lowest BCUT2D eigenvalue weighted by Gasteiger charge is -2.27. The lowest BCUT2D eigenvalue weighted by atomic mass is 9.82. The van der Waals surface area contributed by atoms with Crippen molar-refractivity contribution in [2.45, 2.75) is 45.3 Å². The van der Waals surface area contributed by atoms with E-state index in [4.69, 9.17) is 0 Å². The van der Waals surface area contributed by atoms with E-state index in [1.54, 1.807) is 11.8 Å². The third-order valence-corrected chi connectivity index (χ3v) is 4.87. The van der Waals surface area contributed by atoms with Crippen molar-refractivity contribution in [2.75, 3.05) is 19.3 Å². The molecule has 0 aromatic carbocycles. The molecule has 0 saturated heterocycles. The van der Waals surface area contributed by atoms with Crippen molar-refractivity contribution < 1.29 is 14.7 Å². The Balaban J connectivity index is 4.32. The van der Waals surface area contributed by atoms with Crippen LogP contribution >= 0.6 is 11.8 Å². The summed E-state index contributed by atoms with van der Waals surface area (Å²) in [5.41, 5.74) is -0.869. The third kappa shape index (κ3) is 5.72. The Hall–Kier alpha value is -0.910. The topological polar surface area (TPSA) is 78.4 Å². The Bertz CT molecular complexity index is 315. The van der Waals surface area contributed by atoms with Crippen molar-refractivity contribution in [1.29, 1.82) is 0 Å². The minimum absolute atomic E-state index is 0.0310. The highest BCUT2D eigenvalue weighted by molar-refractivity contribution is 7.99. The first-order valence-electron chi connectivity index (χ1n) is 6.53. The molecule has 0 aliphatic heterocycles. The quantitative estimate of drug-likeness (QED) is 0.641. The van der Waals surface area contributed by atoms with Crippen LogP contribution in [0.1, 0.15) is 40.5 Å². The zero-order chi connectivity index (χ0) is 15.1. The van der Waals surface area contributed by atoms with Crippen molar-refractivity contribution >= 4 is 23.8 Å². The van der Waals surface area contributed by atoms with Crippen LogP contribution < -0.4 is 10.6 Å². The lowest BCUT2D eigenvalue weighted by molar-refractivity contribution is -0.149. The molecule has 0 heterocycles. The Morgan fingerprint density at radius 1 is 1.11 bits per heavy atom. The number of carboxylic acid groups (broad SMARTS) is 1. The maximum atomic E-state index is 11.7. The Kier molecular flexibility index (Phi) is 7.26. The number of carbonyl (C=O) groups excluding carboxylic acids is 1. The molecular formula is C13H26N2O3S. The largest absolute Gasteiger partial charge is 0.481 e. The van der Waals surface area contributed by atoms with Crippen LogP contribution in [0.15, 0.2) is 0 Å². The summed E-state index contributed by atoms with van der Waals surface area (Å²) in [6, 6.07) is -0.311. The molecular weight excluding hydrogens is 264 g/mol. The average Bonchev–Trinajstić information content (AvgIpc) is 2.38. The highest BCUT2D eigenvalue weighted by Gasteiger charge is 2.35. The minimum Gasteiger partial charge on any atom is -0.481 e. The van der Waals surface area contributed by atoms with Crippen LogP contribution in [0.2, 0.25) is 0 Å². The smallest absolute Gasteiger partial charge is 0.314 e. The molecule has 0 spiro atoms. The van der Waals surface area contributed by atoms with Gasteiger partial charge in [0, 0.05) is 17.8 Å². The van der Waals surface area contributed by atoms with Crippen molar-refractivity contribution in [3.8, 4) is 0 Å². The highest BCUT2D eigenvalue weighted by Crippen LogP contribution is 2.25. The zero-order valence-electron chi connectivity index (χ0n) is 12.5. The van der Waals surface area contributed by atoms with Crippen LogP contribution in [0.5, 0.6) is 0 Å². The van der Waals surface area contributed by atoms with Gasteiger partial charge in [0.1, 0.15) is 0 Å². The summed E-state index contributed by atoms with van der Waals surface area (Å²) in [5, 5.41) is 14.7. The van der Waals surface area contributed by atoms with Crippen molar-refractivity contribution in [3.63, 3.8) is 0 Å². The van der Waals surface area contributed by atoms with Gasteiger partial charge in [-0.2, -0.15) is 11.8 Å². The van der Waals surface area contributed by atoms with Gasteiger partial charge in [-0.25, -0.2) is 4.79 Å². The predicted molar refractivity (Wildman–Crippen MR) is 79.6 cm³/mol. The molecule has 0 aliphatic rings. The molecule has 6 heteroatoms. The molecule has 0 aromatic rings. The van der Waals surface area contributed by atoms with Gasteiger partial charge >= 0.3 is 12.0 Å². The fraction of sp³-hybridized carbons (Fsp3) is 0.846. The minimum atomic E-state index is -0.869. The maximum Gasteiger partial charge on any atom is 0.314 e. The molecule has 0 fully saturated rings. The molecule has 0 rings (SSSR count). The monoisotopic (exact) mass is 290 g/mol. The molecule has 0 unspecified atom stereocenters. The number of nitrogens with one attached hydrogen (secondary N) is 2. The van der Waals surface area contributed by atoms with Gasteiger partial charge in [0.25, 0.3) is 0 Å². The maximum absolute atomic E-state index is 11.7. The van der Waals surface area contributed by atoms with Gasteiger partial charge in [0.15, 0.2) is 0 Å². The second-order valence-corrected chi connectivity index (χ2v) is 6.81. The summed E-state index contributed by atoms with van der Waals surface area (Å²) >= 11 is 1.67. The number of amides is 2. The molecule has 3 N–H and O–H groups in total. The van der Waals surface area contributed by atoms with Gasteiger partial charge in [-0.05, 0) is 32.9 Å². The number of aliphatic carboxylic acids is 1. The van der Waals surface area contributed by atoms with Gasteiger partial charge in [0.05, 0.1) is 5.41 Å². The number of hydrogen-bond acceptors (Lipinski definition) is 3. The van der Waals surface area contributed by atoms with E-state index >= 15 is 0 Å². The van der Waals surface area contributed by atoms with Gasteiger partial charge in [-0.1, -0.05) is 13.8 Å². The first-order chi connectivity index (χ1) is 8.73. The molecule has 5 nitrogen and oxygen atoms in total. The predicted octanol–water partition coefficient (Wildman–Crippen LogP) is 2.32. The number of urea groups is 1. The molecule has 112 valence electrons. The molecule has 0 atom stereocenters. The van der Waals surface area contributed by atoms with Crippen molar-refractivity contribution in [2.24, 2.45) is 5.41 Å². The zero-order valence-corrected chi connectivity index (χ0v) is 13.3. The van der Waals surface area contributed by atoms with Crippen molar-refractivity contribution in [3.05, 3.63) is 0 Å². The molecule has 0 aliphatic carbocycles. The number of thioether (sulfide) groups is 1. The second kappa shape index (κ2) is 7.62. The molecule has 0 aromatic heterocycles. The van der Waals surface area contributed by atoms with Gasteiger partial charge in [-0.3, -0.25) is 4.79 Å². The van der Waals surface area contributed by atoms with E-state index < -0.39 is 11.4 Å². The second-order valence-electron chi connectivity index (χ2n) is 5.29. The van der Waals surface area contributed by atoms with E-state index in [0.717, 1.165) is 0 Å². The third-order valence-electron chi connectivity index (χ3n) is 3.62. The fourth-order valence-corrected chi connectivity index (χ4v) is 1.77. The first kappa shape index (κ1) is 18.1. The van der Waals surface area contributed by atoms with Gasteiger partial charge < -0.3 is 15.7 Å². The Morgan fingerprint density at radius 2 is 1.58 bits per heavy atom. The Morgan fingerprint density at radius 3 is 1.95 bits per heavy atom. The Labute approximate surface area is 119 Å². The molecule has 2 amide bonds. The average molecular weight is 290 g/mol. The fourth-order valence-electron chi connectivity index (χ4n) is 1.56. The van der Waals surface area contributed by atoms with Crippen molar-refractivity contribution in [1.82, 2.24) is 10.6 Å². The molecule has 19 heavy (non-hydrogen) atoms. The summed E-state index contributed by atoms with van der Waals surface area (Å²) in [6.45, 7) is 8.43. The summed E-state index contributed by atoms with van der Waals surface area (Å²) in [5.74, 6) is -0.859. The van der Waals surface area contributed by atoms with Crippen LogP contribution in [-0.4, -0.2) is 41.2 Å². The van der Waals surface area contributed by atoms with Crippen LogP contribution in [0, 0.1) is 5.41 Å². The summed E-state index contributed by atoms with van der Waals surface area (Å²) in [6.07, 6.45) is 2.98. The number of rotatable bonds is 8. The number of hydrogen-bond donors (Lipinski definition) is 3. The highest BCUT2D eigenvalue weighted by atomic mass is 32.2. The van der Waals surface area contributed by atoms with E-state index in [9.17, 15) is 14.7 Å². The standard InChI is InChI=1S/C13H26N2O3S/c1-6-13(7-2,10(16)17)9-15-11(18)14-8-12(3,4)19-5/h6-9H2,1-5H3,(H,16,17)(H2,14,15,18). The normalized spacial score (nSPS) is 12.1. The SMILES string of the molecule is CCC(CC)(CNC(=O)NCC(C)(C)SC)C(=O)O. The molecule has 0 saturated carbocycles. The van der Waals surface area contributed by atoms with Crippen LogP contribution in [0.4, 0.5) is 4.79 Å². The van der Waals surface area contributed by atoms with E-state index in [1.807, 2.05) is 34.0 Å².